The SMILES string of the molecule is CCC[CH2][Sn]([CH2]CCC)([CH2]CCC)/[C](=C/C=C\C1CCCCC1)CO. The topological polar surface area (TPSA) is 20.2 Å². The number of rotatable bonds is 13. The summed E-state index contributed by atoms with van der Waals surface area (Å²) in [6.07, 6.45) is 22.1. The molecular formula is C23H44OSn. The monoisotopic (exact) mass is 456 g/mol. The first-order valence-electron chi connectivity index (χ1n) is 11.2. The van der Waals surface area contributed by atoms with E-state index >= 15 is 0 Å². The van der Waals surface area contributed by atoms with E-state index in [2.05, 4.69) is 39.0 Å². The van der Waals surface area contributed by atoms with Crippen molar-refractivity contribution in [2.24, 2.45) is 5.92 Å². The van der Waals surface area contributed by atoms with Gasteiger partial charge in [0.15, 0.2) is 0 Å². The molecule has 1 rings (SSSR count). The van der Waals surface area contributed by atoms with Gasteiger partial charge in [-0.3, -0.25) is 0 Å². The van der Waals surface area contributed by atoms with Gasteiger partial charge in [0, 0.05) is 0 Å². The maximum absolute atomic E-state index is 10.2. The molecule has 0 bridgehead atoms. The van der Waals surface area contributed by atoms with Crippen LogP contribution in [0.5, 0.6) is 0 Å². The Labute approximate surface area is 162 Å². The molecule has 1 fully saturated rings. The third-order valence-electron chi connectivity index (χ3n) is 6.21. The molecule has 0 aliphatic heterocycles. The Kier molecular flexibility index (Phi) is 13.3. The number of hydrogen-bond acceptors (Lipinski definition) is 1. The zero-order valence-electron chi connectivity index (χ0n) is 17.4. The molecule has 0 unspecified atom stereocenters. The Balaban J connectivity index is 2.93. The minimum atomic E-state index is -2.41. The molecule has 0 aromatic carbocycles. The molecule has 1 N–H and O–H groups in total. The van der Waals surface area contributed by atoms with E-state index in [0.717, 1.165) is 5.92 Å². The van der Waals surface area contributed by atoms with Crippen LogP contribution in [0.4, 0.5) is 0 Å². The van der Waals surface area contributed by atoms with Crippen LogP contribution in [0.2, 0.25) is 13.3 Å². The van der Waals surface area contributed by atoms with E-state index in [-0.39, 0.29) is 0 Å². The van der Waals surface area contributed by atoms with Crippen molar-refractivity contribution in [1.29, 1.82) is 0 Å². The van der Waals surface area contributed by atoms with Gasteiger partial charge in [0.05, 0.1) is 0 Å². The standard InChI is InChI=1S/C11H17O.3C4H9.Sn/c12-10-6-2-5-9-11-7-3-1-4-8-11;3*1-3-4-2;/h2,5,9,11-12H,1,3-4,7-8,10H2;3*1,3-4H2,2H3;/b6-2?,9-5-;;;;. The van der Waals surface area contributed by atoms with Crippen LogP contribution < -0.4 is 0 Å². The molecule has 0 aromatic rings. The summed E-state index contributed by atoms with van der Waals surface area (Å²) in [7, 11) is 0. The van der Waals surface area contributed by atoms with E-state index in [1.807, 2.05) is 0 Å². The first-order chi connectivity index (χ1) is 12.2. The number of aliphatic hydroxyl groups excluding tert-OH is 1. The molecule has 146 valence electrons. The second kappa shape index (κ2) is 14.3. The van der Waals surface area contributed by atoms with Gasteiger partial charge in [0.1, 0.15) is 0 Å². The van der Waals surface area contributed by atoms with E-state index in [1.165, 1.54) is 87.5 Å². The van der Waals surface area contributed by atoms with Gasteiger partial charge >= 0.3 is 163 Å². The van der Waals surface area contributed by atoms with Crippen molar-refractivity contribution < 1.29 is 5.11 Å². The van der Waals surface area contributed by atoms with Crippen molar-refractivity contribution in [3.8, 4) is 0 Å². The molecule has 0 spiro atoms. The molecule has 0 aromatic heterocycles. The zero-order valence-corrected chi connectivity index (χ0v) is 20.2. The first kappa shape index (κ1) is 23.3. The summed E-state index contributed by atoms with van der Waals surface area (Å²) in [5.41, 5.74) is 0. The molecular weight excluding hydrogens is 411 g/mol. The van der Waals surface area contributed by atoms with Gasteiger partial charge < -0.3 is 0 Å². The van der Waals surface area contributed by atoms with Crippen LogP contribution in [0.3, 0.4) is 0 Å². The van der Waals surface area contributed by atoms with E-state index in [4.69, 9.17) is 0 Å². The summed E-state index contributed by atoms with van der Waals surface area (Å²) >= 11 is -2.41. The molecule has 1 nitrogen and oxygen atoms in total. The molecule has 1 saturated carbocycles. The molecule has 0 radical (unpaired) electrons. The van der Waals surface area contributed by atoms with E-state index in [1.54, 1.807) is 0 Å². The molecule has 0 amide bonds. The third kappa shape index (κ3) is 8.64. The Morgan fingerprint density at radius 3 is 1.84 bits per heavy atom. The van der Waals surface area contributed by atoms with Gasteiger partial charge in [-0.15, -0.1) is 0 Å². The summed E-state index contributed by atoms with van der Waals surface area (Å²) in [6.45, 7) is 7.28. The molecule has 0 heterocycles. The Morgan fingerprint density at radius 2 is 1.40 bits per heavy atom. The van der Waals surface area contributed by atoms with Crippen LogP contribution in [-0.4, -0.2) is 30.1 Å². The average Bonchev–Trinajstić information content (AvgIpc) is 2.66. The molecule has 0 saturated heterocycles. The van der Waals surface area contributed by atoms with Crippen LogP contribution in [0, 0.1) is 5.92 Å². The van der Waals surface area contributed by atoms with Gasteiger partial charge in [0.2, 0.25) is 0 Å². The summed E-state index contributed by atoms with van der Waals surface area (Å²) in [6, 6.07) is 0. The summed E-state index contributed by atoms with van der Waals surface area (Å²) in [5, 5.41) is 10.2. The van der Waals surface area contributed by atoms with Crippen molar-refractivity contribution in [1.82, 2.24) is 0 Å². The third-order valence-corrected chi connectivity index (χ3v) is 22.2. The number of unbranched alkanes of at least 4 members (excludes halogenated alkanes) is 3. The van der Waals surface area contributed by atoms with Crippen LogP contribution in [0.15, 0.2) is 21.8 Å². The van der Waals surface area contributed by atoms with Gasteiger partial charge in [-0.25, -0.2) is 0 Å². The van der Waals surface area contributed by atoms with Gasteiger partial charge in [-0.05, 0) is 0 Å². The summed E-state index contributed by atoms with van der Waals surface area (Å²) in [4.78, 5) is 0. The normalized spacial score (nSPS) is 17.5. The molecule has 1 aliphatic rings. The fraction of sp³-hybridized carbons (Fsp3) is 0.826. The van der Waals surface area contributed by atoms with Crippen molar-refractivity contribution in [2.45, 2.75) is 105 Å². The maximum atomic E-state index is 10.2. The Morgan fingerprint density at radius 1 is 0.880 bits per heavy atom. The van der Waals surface area contributed by atoms with Crippen molar-refractivity contribution in [3.05, 3.63) is 21.8 Å². The second-order valence-corrected chi connectivity index (χ2v) is 21.6. The van der Waals surface area contributed by atoms with Gasteiger partial charge in [-0.1, -0.05) is 0 Å². The van der Waals surface area contributed by atoms with Gasteiger partial charge in [0.25, 0.3) is 0 Å². The Hall–Kier alpha value is 0.239. The number of aliphatic hydroxyl groups is 1. The van der Waals surface area contributed by atoms with Gasteiger partial charge in [-0.2, -0.15) is 0 Å². The average molecular weight is 455 g/mol. The van der Waals surface area contributed by atoms with Crippen molar-refractivity contribution >= 4 is 18.4 Å². The predicted octanol–water partition coefficient (Wildman–Crippen LogP) is 7.43. The minimum absolute atomic E-state index is 0.322. The first-order valence-corrected chi connectivity index (χ1v) is 18.7. The van der Waals surface area contributed by atoms with Crippen molar-refractivity contribution in [3.63, 3.8) is 0 Å². The second-order valence-electron chi connectivity index (χ2n) is 8.22. The molecule has 1 aliphatic carbocycles. The predicted molar refractivity (Wildman–Crippen MR) is 116 cm³/mol. The molecule has 2 heteroatoms. The van der Waals surface area contributed by atoms with Crippen molar-refractivity contribution in [2.75, 3.05) is 6.61 Å². The van der Waals surface area contributed by atoms with E-state index < -0.39 is 18.4 Å². The Bertz CT molecular complexity index is 358. The van der Waals surface area contributed by atoms with Crippen LogP contribution in [0.25, 0.3) is 0 Å². The summed E-state index contributed by atoms with van der Waals surface area (Å²) < 4.78 is 5.87. The van der Waals surface area contributed by atoms with E-state index in [9.17, 15) is 5.11 Å². The quantitative estimate of drug-likeness (QED) is 0.226. The zero-order chi connectivity index (χ0) is 18.4. The van der Waals surface area contributed by atoms with Crippen LogP contribution in [0.1, 0.15) is 91.4 Å². The van der Waals surface area contributed by atoms with E-state index in [0.29, 0.717) is 6.61 Å². The van der Waals surface area contributed by atoms with Crippen LogP contribution in [-0.2, 0) is 0 Å². The summed E-state index contributed by atoms with van der Waals surface area (Å²) in [5.74, 6) is 0.788. The fourth-order valence-corrected chi connectivity index (χ4v) is 20.4. The molecule has 25 heavy (non-hydrogen) atoms. The number of hydrogen-bond donors (Lipinski definition) is 1. The molecule has 0 atom stereocenters. The fourth-order valence-electron chi connectivity index (χ4n) is 4.45. The van der Waals surface area contributed by atoms with Crippen LogP contribution >= 0.6 is 0 Å². The number of allylic oxidation sites excluding steroid dienone is 3.